The Morgan fingerprint density at radius 2 is 2.07 bits per heavy atom. The van der Waals surface area contributed by atoms with Gasteiger partial charge in [-0.25, -0.2) is 4.98 Å². The van der Waals surface area contributed by atoms with Crippen molar-refractivity contribution in [3.8, 4) is 5.75 Å². The monoisotopic (exact) mass is 392 g/mol. The first-order valence-corrected chi connectivity index (χ1v) is 9.34. The minimum Gasteiger partial charge on any atom is -0.484 e. The Hall–Kier alpha value is -3.52. The number of aryl methyl sites for hydroxylation is 1. The third-order valence-electron chi connectivity index (χ3n) is 3.97. The summed E-state index contributed by atoms with van der Waals surface area (Å²) in [7, 11) is 0. The molecule has 0 aliphatic heterocycles. The number of amides is 1. The van der Waals surface area contributed by atoms with Crippen LogP contribution in [0.1, 0.15) is 11.1 Å². The Kier molecular flexibility index (Phi) is 4.86. The molecule has 2 aromatic heterocycles. The van der Waals surface area contributed by atoms with E-state index in [1.54, 1.807) is 18.2 Å². The minimum absolute atomic E-state index is 0.0878. The zero-order chi connectivity index (χ0) is 19.5. The Morgan fingerprint density at radius 3 is 2.82 bits per heavy atom. The van der Waals surface area contributed by atoms with Crippen LogP contribution in [0.2, 0.25) is 0 Å². The number of nitrogens with one attached hydrogen (secondary N) is 1. The second-order valence-corrected chi connectivity index (χ2v) is 7.15. The predicted molar refractivity (Wildman–Crippen MR) is 108 cm³/mol. The standard InChI is InChI=1S/C20H16N4O3S/c1-13-3-2-4-15(9-13)23-18(25)11-27-16-7-5-14(6-8-16)10-17-19(26)24-20(28-17)21-12-22-24/h2-10,12H,11H2,1H3,(H,23,25)/b17-10-. The maximum atomic E-state index is 12.2. The van der Waals surface area contributed by atoms with Crippen molar-refractivity contribution in [1.82, 2.24) is 14.6 Å². The first-order chi connectivity index (χ1) is 13.6. The number of anilines is 1. The highest BCUT2D eigenvalue weighted by molar-refractivity contribution is 7.15. The molecule has 8 heteroatoms. The van der Waals surface area contributed by atoms with Gasteiger partial charge in [0.25, 0.3) is 11.5 Å². The molecule has 0 saturated heterocycles. The van der Waals surface area contributed by atoms with Crippen molar-refractivity contribution in [2.24, 2.45) is 0 Å². The first-order valence-electron chi connectivity index (χ1n) is 8.52. The average molecular weight is 392 g/mol. The van der Waals surface area contributed by atoms with Gasteiger partial charge in [-0.15, -0.1) is 0 Å². The fourth-order valence-corrected chi connectivity index (χ4v) is 3.54. The molecule has 0 fully saturated rings. The van der Waals surface area contributed by atoms with E-state index in [0.29, 0.717) is 15.2 Å². The van der Waals surface area contributed by atoms with Crippen LogP contribution in [-0.4, -0.2) is 27.1 Å². The predicted octanol–water partition coefficient (Wildman–Crippen LogP) is 2.02. The third kappa shape index (κ3) is 3.91. The lowest BCUT2D eigenvalue weighted by Crippen LogP contribution is -2.23. The van der Waals surface area contributed by atoms with E-state index in [4.69, 9.17) is 4.74 Å². The topological polar surface area (TPSA) is 85.6 Å². The van der Waals surface area contributed by atoms with E-state index in [0.717, 1.165) is 16.8 Å². The van der Waals surface area contributed by atoms with Gasteiger partial charge in [0.05, 0.1) is 4.53 Å². The number of thiazole rings is 1. The average Bonchev–Trinajstić information content (AvgIpc) is 3.25. The number of hydrogen-bond donors (Lipinski definition) is 1. The summed E-state index contributed by atoms with van der Waals surface area (Å²) in [5.74, 6) is 0.341. The van der Waals surface area contributed by atoms with E-state index in [1.165, 1.54) is 22.2 Å². The second-order valence-electron chi connectivity index (χ2n) is 6.15. The molecule has 2 aromatic carbocycles. The highest BCUT2D eigenvalue weighted by Gasteiger charge is 2.06. The van der Waals surface area contributed by atoms with Crippen LogP contribution >= 0.6 is 11.3 Å². The smallest absolute Gasteiger partial charge is 0.291 e. The van der Waals surface area contributed by atoms with E-state index in [9.17, 15) is 9.59 Å². The molecule has 7 nitrogen and oxygen atoms in total. The SMILES string of the molecule is Cc1cccc(NC(=O)COc2ccc(/C=c3\sc4ncnn4c3=O)cc2)c1. The molecule has 0 aliphatic rings. The Bertz CT molecular complexity index is 1240. The number of nitrogens with zero attached hydrogens (tertiary/aromatic N) is 3. The molecule has 0 atom stereocenters. The summed E-state index contributed by atoms with van der Waals surface area (Å²) in [6.07, 6.45) is 3.13. The van der Waals surface area contributed by atoms with Crippen molar-refractivity contribution >= 4 is 34.0 Å². The van der Waals surface area contributed by atoms with Gasteiger partial charge < -0.3 is 10.1 Å². The molecule has 0 radical (unpaired) electrons. The lowest BCUT2D eigenvalue weighted by Gasteiger charge is -2.08. The van der Waals surface area contributed by atoms with Crippen LogP contribution in [0, 0.1) is 6.92 Å². The van der Waals surface area contributed by atoms with Gasteiger partial charge in [0, 0.05) is 5.69 Å². The minimum atomic E-state index is -0.230. The van der Waals surface area contributed by atoms with Gasteiger partial charge in [0.15, 0.2) is 6.61 Å². The van der Waals surface area contributed by atoms with Gasteiger partial charge in [-0.3, -0.25) is 9.59 Å². The second kappa shape index (κ2) is 7.61. The number of benzene rings is 2. The molecular weight excluding hydrogens is 376 g/mol. The van der Waals surface area contributed by atoms with Crippen molar-refractivity contribution in [1.29, 1.82) is 0 Å². The first kappa shape index (κ1) is 17.9. The van der Waals surface area contributed by atoms with Crippen LogP contribution in [-0.2, 0) is 4.79 Å². The molecule has 1 amide bonds. The molecular formula is C20H16N4O3S. The van der Waals surface area contributed by atoms with Crippen molar-refractivity contribution < 1.29 is 9.53 Å². The highest BCUT2D eigenvalue weighted by atomic mass is 32.1. The summed E-state index contributed by atoms with van der Waals surface area (Å²) in [5, 5.41) is 6.69. The molecule has 0 unspecified atom stereocenters. The number of aromatic nitrogens is 3. The summed E-state index contributed by atoms with van der Waals surface area (Å²) in [4.78, 5) is 28.8. The number of carbonyl (C=O) groups excluding carboxylic acids is 1. The molecule has 4 rings (SSSR count). The van der Waals surface area contributed by atoms with E-state index >= 15 is 0 Å². The zero-order valence-corrected chi connectivity index (χ0v) is 15.8. The van der Waals surface area contributed by atoms with Gasteiger partial charge in [-0.1, -0.05) is 35.6 Å². The molecule has 2 heterocycles. The van der Waals surface area contributed by atoms with Gasteiger partial charge in [-0.05, 0) is 48.4 Å². The molecule has 28 heavy (non-hydrogen) atoms. The molecule has 0 bridgehead atoms. The number of fused-ring (bicyclic) bond motifs is 1. The zero-order valence-electron chi connectivity index (χ0n) is 15.0. The van der Waals surface area contributed by atoms with Crippen molar-refractivity contribution in [3.63, 3.8) is 0 Å². The summed E-state index contributed by atoms with van der Waals surface area (Å²) in [6.45, 7) is 1.88. The van der Waals surface area contributed by atoms with Crippen LogP contribution in [0.5, 0.6) is 5.75 Å². The highest BCUT2D eigenvalue weighted by Crippen LogP contribution is 2.14. The summed E-state index contributed by atoms with van der Waals surface area (Å²) < 4.78 is 7.36. The van der Waals surface area contributed by atoms with E-state index in [-0.39, 0.29) is 18.1 Å². The molecule has 4 aromatic rings. The van der Waals surface area contributed by atoms with Gasteiger partial charge >= 0.3 is 0 Å². The molecule has 1 N–H and O–H groups in total. The lowest BCUT2D eigenvalue weighted by molar-refractivity contribution is -0.118. The Morgan fingerprint density at radius 1 is 1.25 bits per heavy atom. The number of carbonyl (C=O) groups is 1. The van der Waals surface area contributed by atoms with Gasteiger partial charge in [0.1, 0.15) is 12.1 Å². The summed E-state index contributed by atoms with van der Waals surface area (Å²) >= 11 is 1.28. The molecule has 0 spiro atoms. The largest absolute Gasteiger partial charge is 0.484 e. The van der Waals surface area contributed by atoms with E-state index in [1.807, 2.05) is 43.3 Å². The fraction of sp³-hybridized carbons (Fsp3) is 0.100. The Balaban J connectivity index is 1.40. The summed E-state index contributed by atoms with van der Waals surface area (Å²) in [5.41, 5.74) is 2.47. The van der Waals surface area contributed by atoms with E-state index in [2.05, 4.69) is 15.4 Å². The van der Waals surface area contributed by atoms with Crippen LogP contribution in [0.15, 0.2) is 59.7 Å². The van der Waals surface area contributed by atoms with Crippen LogP contribution in [0.25, 0.3) is 11.0 Å². The van der Waals surface area contributed by atoms with Crippen LogP contribution in [0.3, 0.4) is 0 Å². The Labute approximate surface area is 163 Å². The number of hydrogen-bond acceptors (Lipinski definition) is 6. The van der Waals surface area contributed by atoms with Gasteiger partial charge in [0.2, 0.25) is 4.96 Å². The van der Waals surface area contributed by atoms with Crippen molar-refractivity contribution in [2.45, 2.75) is 6.92 Å². The lowest BCUT2D eigenvalue weighted by atomic mass is 10.2. The molecule has 0 aliphatic carbocycles. The van der Waals surface area contributed by atoms with Gasteiger partial charge in [-0.2, -0.15) is 9.61 Å². The number of ether oxygens (including phenoxy) is 1. The molecule has 0 saturated carbocycles. The summed E-state index contributed by atoms with van der Waals surface area (Å²) in [6, 6.07) is 14.7. The fourth-order valence-electron chi connectivity index (χ4n) is 2.66. The maximum Gasteiger partial charge on any atom is 0.291 e. The number of rotatable bonds is 5. The normalized spacial score (nSPS) is 11.7. The quantitative estimate of drug-likeness (QED) is 0.562. The van der Waals surface area contributed by atoms with Crippen LogP contribution in [0.4, 0.5) is 5.69 Å². The molecule has 140 valence electrons. The van der Waals surface area contributed by atoms with Crippen molar-refractivity contribution in [3.05, 3.63) is 80.9 Å². The van der Waals surface area contributed by atoms with Crippen LogP contribution < -0.4 is 20.1 Å². The third-order valence-corrected chi connectivity index (χ3v) is 4.94. The maximum absolute atomic E-state index is 12.2. The van der Waals surface area contributed by atoms with E-state index < -0.39 is 0 Å². The van der Waals surface area contributed by atoms with Crippen molar-refractivity contribution in [2.75, 3.05) is 11.9 Å².